The van der Waals surface area contributed by atoms with Gasteiger partial charge in [0.25, 0.3) is 0 Å². The molecule has 5 heteroatoms. The average molecular weight is 247 g/mol. The second-order valence-corrected chi connectivity index (χ2v) is 4.42. The molecule has 1 saturated carbocycles. The lowest BCUT2D eigenvalue weighted by Gasteiger charge is -2.22. The number of ether oxygens (including phenoxy) is 1. The minimum atomic E-state index is 0.171. The molecule has 0 bridgehead atoms. The summed E-state index contributed by atoms with van der Waals surface area (Å²) >= 11 is 11.6. The maximum atomic E-state index is 5.91. The lowest BCUT2D eigenvalue weighted by Crippen LogP contribution is -2.20. The van der Waals surface area contributed by atoms with E-state index in [0.717, 1.165) is 12.8 Å². The summed E-state index contributed by atoms with van der Waals surface area (Å²) in [5, 5.41) is 0.593. The zero-order valence-corrected chi connectivity index (χ0v) is 9.76. The molecule has 1 fully saturated rings. The highest BCUT2D eigenvalue weighted by Gasteiger charge is 2.17. The van der Waals surface area contributed by atoms with E-state index in [9.17, 15) is 0 Å². The molecule has 0 atom stereocenters. The van der Waals surface area contributed by atoms with Gasteiger partial charge in [-0.2, -0.15) is 4.98 Å². The molecule has 1 heterocycles. The first kappa shape index (κ1) is 11.0. The summed E-state index contributed by atoms with van der Waals surface area (Å²) in [5.74, 6) is 0.406. The van der Waals surface area contributed by atoms with Crippen LogP contribution in [0.5, 0.6) is 5.88 Å². The van der Waals surface area contributed by atoms with Gasteiger partial charge in [0.2, 0.25) is 11.2 Å². The Labute approximate surface area is 98.8 Å². The summed E-state index contributed by atoms with van der Waals surface area (Å²) in [7, 11) is 0. The highest BCUT2D eigenvalue weighted by molar-refractivity contribution is 6.32. The van der Waals surface area contributed by atoms with Crippen molar-refractivity contribution in [3.05, 3.63) is 16.5 Å². The summed E-state index contributed by atoms with van der Waals surface area (Å²) in [4.78, 5) is 7.74. The molecule has 0 radical (unpaired) electrons. The Morgan fingerprint density at radius 2 is 1.93 bits per heavy atom. The van der Waals surface area contributed by atoms with Gasteiger partial charge in [-0.1, -0.05) is 18.0 Å². The highest BCUT2D eigenvalue weighted by Crippen LogP contribution is 2.27. The van der Waals surface area contributed by atoms with Gasteiger partial charge in [0.15, 0.2) is 0 Å². The van der Waals surface area contributed by atoms with E-state index in [0.29, 0.717) is 10.9 Å². The van der Waals surface area contributed by atoms with E-state index >= 15 is 0 Å². The molecule has 0 saturated heterocycles. The summed E-state index contributed by atoms with van der Waals surface area (Å²) in [6, 6.07) is 0. The Kier molecular flexibility index (Phi) is 3.65. The molecule has 1 aromatic rings. The number of hydrogen-bond acceptors (Lipinski definition) is 3. The quantitative estimate of drug-likeness (QED) is 0.750. The van der Waals surface area contributed by atoms with Crippen molar-refractivity contribution in [3.63, 3.8) is 0 Å². The van der Waals surface area contributed by atoms with Gasteiger partial charge >= 0.3 is 0 Å². The Morgan fingerprint density at radius 1 is 1.20 bits per heavy atom. The molecule has 0 spiro atoms. The van der Waals surface area contributed by atoms with Crippen molar-refractivity contribution in [1.82, 2.24) is 9.97 Å². The highest BCUT2D eigenvalue weighted by atomic mass is 35.5. The van der Waals surface area contributed by atoms with Crippen LogP contribution in [0.2, 0.25) is 10.3 Å². The van der Waals surface area contributed by atoms with Crippen molar-refractivity contribution in [2.24, 2.45) is 0 Å². The van der Waals surface area contributed by atoms with Gasteiger partial charge in [0.05, 0.1) is 6.20 Å². The Bertz CT molecular complexity index is 340. The van der Waals surface area contributed by atoms with Gasteiger partial charge in [0, 0.05) is 0 Å². The third kappa shape index (κ3) is 2.95. The Morgan fingerprint density at radius 3 is 2.67 bits per heavy atom. The van der Waals surface area contributed by atoms with Crippen molar-refractivity contribution in [1.29, 1.82) is 0 Å². The van der Waals surface area contributed by atoms with E-state index in [1.807, 2.05) is 0 Å². The molecule has 82 valence electrons. The van der Waals surface area contributed by atoms with Gasteiger partial charge in [-0.05, 0) is 37.3 Å². The fourth-order valence-electron chi connectivity index (χ4n) is 1.75. The SMILES string of the molecule is Clc1ncc(Cl)c(OC2CCCCC2)n1. The van der Waals surface area contributed by atoms with Crippen LogP contribution in [-0.2, 0) is 0 Å². The summed E-state index contributed by atoms with van der Waals surface area (Å²) in [6.45, 7) is 0. The third-order valence-corrected chi connectivity index (χ3v) is 2.95. The predicted molar refractivity (Wildman–Crippen MR) is 59.6 cm³/mol. The molecule has 0 unspecified atom stereocenters. The smallest absolute Gasteiger partial charge is 0.237 e. The molecular weight excluding hydrogens is 235 g/mol. The molecule has 0 aliphatic heterocycles. The maximum Gasteiger partial charge on any atom is 0.237 e. The molecular formula is C10H12Cl2N2O. The first-order valence-electron chi connectivity index (χ1n) is 5.10. The molecule has 0 N–H and O–H groups in total. The lowest BCUT2D eigenvalue weighted by atomic mass is 9.98. The molecule has 0 amide bonds. The second kappa shape index (κ2) is 4.99. The van der Waals surface area contributed by atoms with Crippen LogP contribution in [0.3, 0.4) is 0 Å². The van der Waals surface area contributed by atoms with Gasteiger partial charge in [-0.15, -0.1) is 0 Å². The van der Waals surface area contributed by atoms with E-state index in [4.69, 9.17) is 27.9 Å². The number of rotatable bonds is 2. The number of halogens is 2. The first-order chi connectivity index (χ1) is 7.25. The van der Waals surface area contributed by atoms with Crippen molar-refractivity contribution in [3.8, 4) is 5.88 Å². The molecule has 15 heavy (non-hydrogen) atoms. The largest absolute Gasteiger partial charge is 0.473 e. The topological polar surface area (TPSA) is 35.0 Å². The molecule has 0 aromatic carbocycles. The number of hydrogen-bond donors (Lipinski definition) is 0. The molecule has 1 aliphatic rings. The van der Waals surface area contributed by atoms with Crippen LogP contribution in [0.4, 0.5) is 0 Å². The number of aromatic nitrogens is 2. The van der Waals surface area contributed by atoms with Crippen LogP contribution in [0.25, 0.3) is 0 Å². The minimum absolute atomic E-state index is 0.171. The predicted octanol–water partition coefficient (Wildman–Crippen LogP) is 3.49. The first-order valence-corrected chi connectivity index (χ1v) is 5.86. The standard InChI is InChI=1S/C10H12Cl2N2O/c11-8-6-13-10(12)14-9(8)15-7-4-2-1-3-5-7/h6-7H,1-5H2. The van der Waals surface area contributed by atoms with E-state index in [-0.39, 0.29) is 11.4 Å². The van der Waals surface area contributed by atoms with Crippen molar-refractivity contribution >= 4 is 23.2 Å². The summed E-state index contributed by atoms with van der Waals surface area (Å²) in [5.41, 5.74) is 0. The van der Waals surface area contributed by atoms with Gasteiger partial charge in [-0.3, -0.25) is 0 Å². The zero-order chi connectivity index (χ0) is 10.7. The molecule has 3 nitrogen and oxygen atoms in total. The second-order valence-electron chi connectivity index (χ2n) is 3.67. The molecule has 1 aromatic heterocycles. The van der Waals surface area contributed by atoms with Gasteiger partial charge in [0.1, 0.15) is 11.1 Å². The van der Waals surface area contributed by atoms with E-state index in [1.54, 1.807) is 0 Å². The van der Waals surface area contributed by atoms with Crippen LogP contribution in [0.1, 0.15) is 32.1 Å². The van der Waals surface area contributed by atoms with E-state index < -0.39 is 0 Å². The Balaban J connectivity index is 2.05. The van der Waals surface area contributed by atoms with Crippen LogP contribution in [0.15, 0.2) is 6.20 Å². The lowest BCUT2D eigenvalue weighted by molar-refractivity contribution is 0.148. The average Bonchev–Trinajstić information content (AvgIpc) is 2.25. The van der Waals surface area contributed by atoms with Crippen LogP contribution in [0, 0.1) is 0 Å². The zero-order valence-electron chi connectivity index (χ0n) is 8.25. The maximum absolute atomic E-state index is 5.91. The van der Waals surface area contributed by atoms with Gasteiger partial charge in [-0.25, -0.2) is 4.98 Å². The fourth-order valence-corrected chi connectivity index (χ4v) is 2.02. The molecule has 1 aliphatic carbocycles. The fraction of sp³-hybridized carbons (Fsp3) is 0.600. The molecule has 2 rings (SSSR count). The summed E-state index contributed by atoms with van der Waals surface area (Å²) < 4.78 is 5.70. The van der Waals surface area contributed by atoms with Crippen LogP contribution < -0.4 is 4.74 Å². The Hall–Kier alpha value is -0.540. The van der Waals surface area contributed by atoms with Crippen molar-refractivity contribution < 1.29 is 4.74 Å². The van der Waals surface area contributed by atoms with Gasteiger partial charge < -0.3 is 4.74 Å². The van der Waals surface area contributed by atoms with Crippen molar-refractivity contribution in [2.45, 2.75) is 38.2 Å². The van der Waals surface area contributed by atoms with E-state index in [2.05, 4.69) is 9.97 Å². The third-order valence-electron chi connectivity index (χ3n) is 2.51. The minimum Gasteiger partial charge on any atom is -0.473 e. The van der Waals surface area contributed by atoms with E-state index in [1.165, 1.54) is 25.5 Å². The van der Waals surface area contributed by atoms with Crippen molar-refractivity contribution in [2.75, 3.05) is 0 Å². The van der Waals surface area contributed by atoms with Crippen LogP contribution >= 0.6 is 23.2 Å². The van der Waals surface area contributed by atoms with Crippen LogP contribution in [-0.4, -0.2) is 16.1 Å². The summed E-state index contributed by atoms with van der Waals surface area (Å²) in [6.07, 6.45) is 7.54. The normalized spacial score (nSPS) is 17.7. The monoisotopic (exact) mass is 246 g/mol. The number of nitrogens with zero attached hydrogens (tertiary/aromatic N) is 2.